The minimum Gasteiger partial charge on any atom is -0.312 e. The molecule has 0 amide bonds. The fourth-order valence-corrected chi connectivity index (χ4v) is 2.60. The van der Waals surface area contributed by atoms with Gasteiger partial charge in [-0.1, -0.05) is 30.3 Å². The Hall–Kier alpha value is -1.74. The highest BCUT2D eigenvalue weighted by Gasteiger charge is 2.26. The van der Waals surface area contributed by atoms with E-state index in [4.69, 9.17) is 0 Å². The number of hydrogen-bond acceptors (Lipinski definition) is 1. The van der Waals surface area contributed by atoms with E-state index in [1.54, 1.807) is 0 Å². The molecule has 3 heteroatoms. The van der Waals surface area contributed by atoms with Gasteiger partial charge in [-0.15, -0.1) is 0 Å². The van der Waals surface area contributed by atoms with E-state index in [0.29, 0.717) is 6.54 Å². The molecular formula is C15H13F2N. The Morgan fingerprint density at radius 3 is 2.44 bits per heavy atom. The molecule has 1 nitrogen and oxygen atoms in total. The summed E-state index contributed by atoms with van der Waals surface area (Å²) >= 11 is 0. The predicted octanol–water partition coefficient (Wildman–Crippen LogP) is 3.20. The van der Waals surface area contributed by atoms with Gasteiger partial charge in [0.15, 0.2) is 0 Å². The Balaban J connectivity index is 2.14. The van der Waals surface area contributed by atoms with E-state index in [2.05, 4.69) is 5.32 Å². The summed E-state index contributed by atoms with van der Waals surface area (Å²) in [6, 6.07) is 11.8. The highest BCUT2D eigenvalue weighted by Crippen LogP contribution is 2.32. The summed E-state index contributed by atoms with van der Waals surface area (Å²) in [6.07, 6.45) is 0. The molecule has 18 heavy (non-hydrogen) atoms. The van der Waals surface area contributed by atoms with Crippen molar-refractivity contribution in [3.8, 4) is 0 Å². The van der Waals surface area contributed by atoms with E-state index in [0.717, 1.165) is 17.7 Å². The predicted molar refractivity (Wildman–Crippen MR) is 66.3 cm³/mol. The Morgan fingerprint density at radius 2 is 1.67 bits per heavy atom. The second-order valence-corrected chi connectivity index (χ2v) is 4.52. The van der Waals surface area contributed by atoms with Crippen LogP contribution in [0.1, 0.15) is 22.6 Å². The van der Waals surface area contributed by atoms with Gasteiger partial charge in [-0.05, 0) is 23.3 Å². The van der Waals surface area contributed by atoms with Crippen LogP contribution in [0.2, 0.25) is 0 Å². The molecule has 1 heterocycles. The number of fused-ring (bicyclic) bond motifs is 1. The third-order valence-electron chi connectivity index (χ3n) is 3.44. The Labute approximate surface area is 104 Å². The third-order valence-corrected chi connectivity index (χ3v) is 3.44. The van der Waals surface area contributed by atoms with Gasteiger partial charge in [0.1, 0.15) is 11.6 Å². The molecule has 0 aliphatic carbocycles. The quantitative estimate of drug-likeness (QED) is 0.813. The molecule has 0 saturated heterocycles. The van der Waals surface area contributed by atoms with E-state index in [1.807, 2.05) is 24.3 Å². The molecule has 2 aromatic carbocycles. The monoisotopic (exact) mass is 245 g/mol. The van der Waals surface area contributed by atoms with E-state index < -0.39 is 11.6 Å². The van der Waals surface area contributed by atoms with E-state index in [-0.39, 0.29) is 11.5 Å². The van der Waals surface area contributed by atoms with E-state index in [1.165, 1.54) is 18.2 Å². The molecule has 0 saturated carbocycles. The zero-order valence-corrected chi connectivity index (χ0v) is 9.79. The Kier molecular flexibility index (Phi) is 2.84. The van der Waals surface area contributed by atoms with Gasteiger partial charge in [-0.25, -0.2) is 8.78 Å². The lowest BCUT2D eigenvalue weighted by molar-refractivity contribution is 0.510. The molecule has 1 aliphatic rings. The van der Waals surface area contributed by atoms with Crippen molar-refractivity contribution >= 4 is 0 Å². The molecule has 3 rings (SSSR count). The van der Waals surface area contributed by atoms with Crippen molar-refractivity contribution in [3.63, 3.8) is 0 Å². The lowest BCUT2D eigenvalue weighted by Crippen LogP contribution is -2.29. The zero-order valence-electron chi connectivity index (χ0n) is 9.79. The summed E-state index contributed by atoms with van der Waals surface area (Å²) in [7, 11) is 0. The maximum atomic E-state index is 13.9. The van der Waals surface area contributed by atoms with Crippen LogP contribution in [0.25, 0.3) is 0 Å². The van der Waals surface area contributed by atoms with Crippen LogP contribution in [-0.2, 0) is 6.54 Å². The summed E-state index contributed by atoms with van der Waals surface area (Å²) < 4.78 is 27.7. The molecule has 0 aromatic heterocycles. The normalized spacial score (nSPS) is 18.4. The maximum absolute atomic E-state index is 13.9. The maximum Gasteiger partial charge on any atom is 0.129 e. The standard InChI is InChI=1S/C15H13F2N/c16-13-6-3-7-14(17)15(13)12-9-18-8-10-4-1-2-5-11(10)12/h1-7,12,18H,8-9H2. The number of nitrogens with one attached hydrogen (secondary N) is 1. The second kappa shape index (κ2) is 4.50. The molecule has 1 unspecified atom stereocenters. The molecular weight excluding hydrogens is 232 g/mol. The number of hydrogen-bond donors (Lipinski definition) is 1. The molecule has 1 N–H and O–H groups in total. The van der Waals surface area contributed by atoms with Crippen molar-refractivity contribution in [2.45, 2.75) is 12.5 Å². The zero-order chi connectivity index (χ0) is 12.5. The summed E-state index contributed by atoms with van der Waals surface area (Å²) in [5.41, 5.74) is 2.29. The first-order valence-electron chi connectivity index (χ1n) is 6.00. The highest BCUT2D eigenvalue weighted by atomic mass is 19.1. The van der Waals surface area contributed by atoms with Crippen molar-refractivity contribution in [1.82, 2.24) is 5.32 Å². The summed E-state index contributed by atoms with van der Waals surface area (Å²) in [5.74, 6) is -1.20. The molecule has 2 aromatic rings. The van der Waals surface area contributed by atoms with Crippen molar-refractivity contribution in [3.05, 3.63) is 70.8 Å². The fraction of sp³-hybridized carbons (Fsp3) is 0.200. The minimum atomic E-state index is -0.474. The van der Waals surface area contributed by atoms with Crippen LogP contribution in [-0.4, -0.2) is 6.54 Å². The van der Waals surface area contributed by atoms with Gasteiger partial charge in [0.2, 0.25) is 0 Å². The van der Waals surface area contributed by atoms with Crippen molar-refractivity contribution in [2.24, 2.45) is 0 Å². The van der Waals surface area contributed by atoms with Gasteiger partial charge in [-0.2, -0.15) is 0 Å². The largest absolute Gasteiger partial charge is 0.312 e. The van der Waals surface area contributed by atoms with Crippen LogP contribution >= 0.6 is 0 Å². The molecule has 0 spiro atoms. The molecule has 1 atom stereocenters. The smallest absolute Gasteiger partial charge is 0.129 e. The first-order chi connectivity index (χ1) is 8.77. The number of halogens is 2. The summed E-state index contributed by atoms with van der Waals surface area (Å²) in [5, 5.41) is 3.21. The highest BCUT2D eigenvalue weighted by molar-refractivity contribution is 5.41. The van der Waals surface area contributed by atoms with Crippen LogP contribution in [0.15, 0.2) is 42.5 Å². The minimum absolute atomic E-state index is 0.164. The Morgan fingerprint density at radius 1 is 0.944 bits per heavy atom. The number of benzene rings is 2. The van der Waals surface area contributed by atoms with Gasteiger partial charge in [-0.3, -0.25) is 0 Å². The van der Waals surface area contributed by atoms with Gasteiger partial charge >= 0.3 is 0 Å². The topological polar surface area (TPSA) is 12.0 Å². The second-order valence-electron chi connectivity index (χ2n) is 4.52. The summed E-state index contributed by atoms with van der Waals surface area (Å²) in [6.45, 7) is 1.32. The molecule has 92 valence electrons. The average Bonchev–Trinajstić information content (AvgIpc) is 2.39. The fourth-order valence-electron chi connectivity index (χ4n) is 2.60. The van der Waals surface area contributed by atoms with Crippen molar-refractivity contribution < 1.29 is 8.78 Å². The van der Waals surface area contributed by atoms with Crippen molar-refractivity contribution in [2.75, 3.05) is 6.54 Å². The van der Waals surface area contributed by atoms with Crippen LogP contribution in [0.5, 0.6) is 0 Å². The van der Waals surface area contributed by atoms with Gasteiger partial charge in [0.25, 0.3) is 0 Å². The first-order valence-corrected chi connectivity index (χ1v) is 6.00. The molecule has 0 radical (unpaired) electrons. The van der Waals surface area contributed by atoms with Crippen LogP contribution in [0, 0.1) is 11.6 Å². The van der Waals surface area contributed by atoms with E-state index >= 15 is 0 Å². The van der Waals surface area contributed by atoms with E-state index in [9.17, 15) is 8.78 Å². The first kappa shape index (κ1) is 11.4. The van der Waals surface area contributed by atoms with Crippen LogP contribution in [0.3, 0.4) is 0 Å². The lowest BCUT2D eigenvalue weighted by atomic mass is 9.85. The van der Waals surface area contributed by atoms with Gasteiger partial charge < -0.3 is 5.32 Å². The van der Waals surface area contributed by atoms with Crippen LogP contribution < -0.4 is 5.32 Å². The average molecular weight is 245 g/mol. The SMILES string of the molecule is Fc1cccc(F)c1C1CNCc2ccccc21. The third kappa shape index (κ3) is 1.81. The number of rotatable bonds is 1. The van der Waals surface area contributed by atoms with Gasteiger partial charge in [0, 0.05) is 24.6 Å². The molecule has 1 aliphatic heterocycles. The van der Waals surface area contributed by atoms with Crippen molar-refractivity contribution in [1.29, 1.82) is 0 Å². The van der Waals surface area contributed by atoms with Gasteiger partial charge in [0.05, 0.1) is 0 Å². The summed E-state index contributed by atoms with van der Waals surface area (Å²) in [4.78, 5) is 0. The Bertz CT molecular complexity index is 560. The molecule has 0 fully saturated rings. The molecule has 0 bridgehead atoms. The van der Waals surface area contributed by atoms with Crippen LogP contribution in [0.4, 0.5) is 8.78 Å². The lowest BCUT2D eigenvalue weighted by Gasteiger charge is -2.27.